The maximum Gasteiger partial charge on any atom is 0.0224 e. The van der Waals surface area contributed by atoms with Crippen LogP contribution in [0.3, 0.4) is 0 Å². The highest BCUT2D eigenvalue weighted by atomic mass is 15.2. The van der Waals surface area contributed by atoms with Gasteiger partial charge in [0.1, 0.15) is 0 Å². The Kier molecular flexibility index (Phi) is 5.04. The Balaban J connectivity index is 1.55. The Morgan fingerprint density at radius 2 is 1.75 bits per heavy atom. The molecule has 1 saturated heterocycles. The Hall–Kier alpha value is -0.0800. The highest BCUT2D eigenvalue weighted by Gasteiger charge is 2.33. The summed E-state index contributed by atoms with van der Waals surface area (Å²) in [5, 5.41) is 3.86. The van der Waals surface area contributed by atoms with Crippen LogP contribution in [-0.2, 0) is 0 Å². The van der Waals surface area contributed by atoms with E-state index in [9.17, 15) is 0 Å². The van der Waals surface area contributed by atoms with Gasteiger partial charge in [-0.15, -0.1) is 0 Å². The molecule has 116 valence electrons. The summed E-state index contributed by atoms with van der Waals surface area (Å²) in [4.78, 5) is 2.82. The van der Waals surface area contributed by atoms with Crippen molar-refractivity contribution in [1.82, 2.24) is 10.2 Å². The predicted molar refractivity (Wildman–Crippen MR) is 85.9 cm³/mol. The predicted octanol–water partition coefficient (Wildman–Crippen LogP) is 3.67. The van der Waals surface area contributed by atoms with E-state index in [0.717, 1.165) is 29.8 Å². The van der Waals surface area contributed by atoms with Crippen LogP contribution in [0.5, 0.6) is 0 Å². The highest BCUT2D eigenvalue weighted by molar-refractivity contribution is 4.90. The number of hydrogen-bond donors (Lipinski definition) is 1. The molecule has 1 N–H and O–H groups in total. The lowest BCUT2D eigenvalue weighted by Crippen LogP contribution is -2.58. The van der Waals surface area contributed by atoms with Crippen LogP contribution in [-0.4, -0.2) is 36.6 Å². The van der Waals surface area contributed by atoms with Gasteiger partial charge in [-0.2, -0.15) is 0 Å². The fourth-order valence-corrected chi connectivity index (χ4v) is 4.85. The maximum absolute atomic E-state index is 3.86. The van der Waals surface area contributed by atoms with Crippen molar-refractivity contribution in [2.24, 2.45) is 17.8 Å². The number of rotatable bonds is 3. The van der Waals surface area contributed by atoms with Crippen LogP contribution < -0.4 is 5.32 Å². The molecule has 20 heavy (non-hydrogen) atoms. The topological polar surface area (TPSA) is 15.3 Å². The first-order chi connectivity index (χ1) is 9.74. The number of nitrogens with zero attached hydrogens (tertiary/aromatic N) is 1. The molecule has 0 amide bonds. The summed E-state index contributed by atoms with van der Waals surface area (Å²) >= 11 is 0. The zero-order valence-electron chi connectivity index (χ0n) is 13.6. The molecule has 3 rings (SSSR count). The molecule has 3 aliphatic rings. The summed E-state index contributed by atoms with van der Waals surface area (Å²) in [6, 6.07) is 1.52. The normalized spacial score (nSPS) is 41.1. The molecule has 0 spiro atoms. The molecule has 0 aromatic rings. The van der Waals surface area contributed by atoms with Gasteiger partial charge in [0.15, 0.2) is 0 Å². The van der Waals surface area contributed by atoms with E-state index in [1.807, 2.05) is 0 Å². The van der Waals surface area contributed by atoms with Crippen LogP contribution in [0.4, 0.5) is 0 Å². The smallest absolute Gasteiger partial charge is 0.0224 e. The van der Waals surface area contributed by atoms with Gasteiger partial charge >= 0.3 is 0 Å². The van der Waals surface area contributed by atoms with E-state index in [2.05, 4.69) is 24.1 Å². The van der Waals surface area contributed by atoms with Gasteiger partial charge in [0.05, 0.1) is 0 Å². The molecule has 4 atom stereocenters. The third kappa shape index (κ3) is 3.39. The lowest BCUT2D eigenvalue weighted by Gasteiger charge is -2.44. The molecule has 3 fully saturated rings. The van der Waals surface area contributed by atoms with E-state index < -0.39 is 0 Å². The molecule has 2 aliphatic carbocycles. The minimum atomic E-state index is 0.739. The molecule has 4 unspecified atom stereocenters. The SMILES string of the molecule is CC1CCCC1CN1CC(C2CCCCC2)NCC1C. The van der Waals surface area contributed by atoms with E-state index in [1.54, 1.807) is 0 Å². The van der Waals surface area contributed by atoms with E-state index in [4.69, 9.17) is 0 Å². The van der Waals surface area contributed by atoms with Gasteiger partial charge in [-0.1, -0.05) is 39.0 Å². The number of piperazine rings is 1. The standard InChI is InChI=1S/C18H34N2/c1-14-7-6-10-17(14)12-20-13-18(19-11-15(20)2)16-8-4-3-5-9-16/h14-19H,3-13H2,1-2H3. The van der Waals surface area contributed by atoms with Crippen molar-refractivity contribution >= 4 is 0 Å². The number of hydrogen-bond acceptors (Lipinski definition) is 2. The van der Waals surface area contributed by atoms with Gasteiger partial charge in [0, 0.05) is 31.7 Å². The Morgan fingerprint density at radius 3 is 2.45 bits per heavy atom. The Labute approximate surface area is 125 Å². The average Bonchev–Trinajstić information content (AvgIpc) is 2.88. The van der Waals surface area contributed by atoms with E-state index >= 15 is 0 Å². The van der Waals surface area contributed by atoms with Crippen LogP contribution in [0.1, 0.15) is 65.2 Å². The molecule has 0 bridgehead atoms. The second kappa shape index (κ2) is 6.79. The molecular weight excluding hydrogens is 244 g/mol. The third-order valence-electron chi connectivity index (χ3n) is 6.46. The van der Waals surface area contributed by atoms with E-state index in [0.29, 0.717) is 0 Å². The van der Waals surface area contributed by atoms with Gasteiger partial charge in [0.25, 0.3) is 0 Å². The summed E-state index contributed by atoms with van der Waals surface area (Å²) in [5.41, 5.74) is 0. The van der Waals surface area contributed by atoms with Gasteiger partial charge < -0.3 is 5.32 Å². The summed E-state index contributed by atoms with van der Waals surface area (Å²) in [6.07, 6.45) is 11.8. The minimum Gasteiger partial charge on any atom is -0.311 e. The van der Waals surface area contributed by atoms with Gasteiger partial charge in [-0.25, -0.2) is 0 Å². The first kappa shape index (κ1) is 14.8. The first-order valence-electron chi connectivity index (χ1n) is 9.21. The fourth-order valence-electron chi connectivity index (χ4n) is 4.85. The molecule has 2 saturated carbocycles. The number of nitrogens with one attached hydrogen (secondary N) is 1. The highest BCUT2D eigenvalue weighted by Crippen LogP contribution is 2.33. The zero-order valence-corrected chi connectivity index (χ0v) is 13.6. The van der Waals surface area contributed by atoms with Crippen LogP contribution in [0.15, 0.2) is 0 Å². The lowest BCUT2D eigenvalue weighted by atomic mass is 9.82. The monoisotopic (exact) mass is 278 g/mol. The maximum atomic E-state index is 3.86. The van der Waals surface area contributed by atoms with Gasteiger partial charge in [0.2, 0.25) is 0 Å². The van der Waals surface area contributed by atoms with Crippen LogP contribution >= 0.6 is 0 Å². The molecule has 1 aliphatic heterocycles. The Bertz CT molecular complexity index is 298. The van der Waals surface area contributed by atoms with Crippen LogP contribution in [0, 0.1) is 17.8 Å². The molecule has 2 nitrogen and oxygen atoms in total. The van der Waals surface area contributed by atoms with Gasteiger partial charge in [-0.3, -0.25) is 4.90 Å². The Morgan fingerprint density at radius 1 is 0.950 bits per heavy atom. The average molecular weight is 278 g/mol. The molecule has 2 heteroatoms. The minimum absolute atomic E-state index is 0.739. The van der Waals surface area contributed by atoms with Crippen molar-refractivity contribution < 1.29 is 0 Å². The second-order valence-corrected chi connectivity index (χ2v) is 7.88. The van der Waals surface area contributed by atoms with Crippen molar-refractivity contribution in [2.45, 2.75) is 77.3 Å². The lowest BCUT2D eigenvalue weighted by molar-refractivity contribution is 0.0837. The second-order valence-electron chi connectivity index (χ2n) is 7.88. The molecular formula is C18H34N2. The zero-order chi connectivity index (χ0) is 13.9. The van der Waals surface area contributed by atoms with Crippen molar-refractivity contribution in [1.29, 1.82) is 0 Å². The van der Waals surface area contributed by atoms with Crippen molar-refractivity contribution in [3.8, 4) is 0 Å². The van der Waals surface area contributed by atoms with E-state index in [1.165, 1.54) is 71.0 Å². The van der Waals surface area contributed by atoms with Gasteiger partial charge in [-0.05, 0) is 43.9 Å². The molecule has 1 heterocycles. The van der Waals surface area contributed by atoms with E-state index in [-0.39, 0.29) is 0 Å². The van der Waals surface area contributed by atoms with Crippen LogP contribution in [0.25, 0.3) is 0 Å². The van der Waals surface area contributed by atoms with Crippen LogP contribution in [0.2, 0.25) is 0 Å². The largest absolute Gasteiger partial charge is 0.311 e. The molecule has 0 aromatic heterocycles. The first-order valence-corrected chi connectivity index (χ1v) is 9.21. The van der Waals surface area contributed by atoms with Crippen molar-refractivity contribution in [3.05, 3.63) is 0 Å². The summed E-state index contributed by atoms with van der Waals surface area (Å²) < 4.78 is 0. The quantitative estimate of drug-likeness (QED) is 0.847. The summed E-state index contributed by atoms with van der Waals surface area (Å²) in [7, 11) is 0. The van der Waals surface area contributed by atoms with Crippen molar-refractivity contribution in [3.63, 3.8) is 0 Å². The molecule has 0 radical (unpaired) electrons. The third-order valence-corrected chi connectivity index (χ3v) is 6.46. The summed E-state index contributed by atoms with van der Waals surface area (Å²) in [6.45, 7) is 8.79. The van der Waals surface area contributed by atoms with Crippen molar-refractivity contribution in [2.75, 3.05) is 19.6 Å². The molecule has 0 aromatic carbocycles. The fraction of sp³-hybridized carbons (Fsp3) is 1.00. The summed E-state index contributed by atoms with van der Waals surface area (Å²) in [5.74, 6) is 2.90.